The standard InChI is InChI=1S/C28H32N2O5/c31-26(32)14-13-24(27(33)30-16-15-18-7-1-6-12-25(18)30)29-28(34)35-17-23-21-10-4-2-8-19(21)20-9-3-5-11-22(20)23/h2-5,8-11,18,23-25H,1,6-7,12-17H2,(H,29,34)(H,31,32)/t18-,24?,25-/m1/s1. The average Bonchev–Trinajstić information content (AvgIpc) is 3.44. The van der Waals surface area contributed by atoms with Crippen molar-refractivity contribution in [3.05, 3.63) is 59.7 Å². The first-order valence-electron chi connectivity index (χ1n) is 12.7. The van der Waals surface area contributed by atoms with Crippen LogP contribution in [0.25, 0.3) is 11.1 Å². The number of amides is 2. The smallest absolute Gasteiger partial charge is 0.407 e. The highest BCUT2D eigenvalue weighted by molar-refractivity contribution is 5.87. The molecule has 2 amide bonds. The molecule has 1 heterocycles. The highest BCUT2D eigenvalue weighted by Crippen LogP contribution is 2.44. The second kappa shape index (κ2) is 10.1. The van der Waals surface area contributed by atoms with E-state index in [-0.39, 0.29) is 37.3 Å². The number of hydrogen-bond donors (Lipinski definition) is 2. The van der Waals surface area contributed by atoms with E-state index in [2.05, 4.69) is 29.6 Å². The predicted molar refractivity (Wildman–Crippen MR) is 131 cm³/mol. The summed E-state index contributed by atoms with van der Waals surface area (Å²) in [5.41, 5.74) is 4.51. The number of fused-ring (bicyclic) bond motifs is 4. The molecule has 1 saturated carbocycles. The third-order valence-corrected chi connectivity index (χ3v) is 7.87. The molecule has 2 aromatic rings. The number of carbonyl (C=O) groups is 3. The van der Waals surface area contributed by atoms with Gasteiger partial charge in [0, 0.05) is 24.9 Å². The lowest BCUT2D eigenvalue weighted by Gasteiger charge is -2.33. The summed E-state index contributed by atoms with van der Waals surface area (Å²) in [4.78, 5) is 39.3. The van der Waals surface area contributed by atoms with E-state index in [1.807, 2.05) is 29.2 Å². The molecule has 3 aliphatic rings. The number of likely N-dealkylation sites (tertiary alicyclic amines) is 1. The molecule has 35 heavy (non-hydrogen) atoms. The Hall–Kier alpha value is -3.35. The van der Waals surface area contributed by atoms with E-state index in [0.717, 1.165) is 47.9 Å². The topological polar surface area (TPSA) is 95.9 Å². The van der Waals surface area contributed by atoms with Crippen LogP contribution < -0.4 is 5.32 Å². The summed E-state index contributed by atoms with van der Waals surface area (Å²) in [5.74, 6) is -0.742. The monoisotopic (exact) mass is 476 g/mol. The van der Waals surface area contributed by atoms with Gasteiger partial charge in [-0.2, -0.15) is 0 Å². The average molecular weight is 477 g/mol. The summed E-state index contributed by atoms with van der Waals surface area (Å²) in [6, 6.07) is 15.5. The van der Waals surface area contributed by atoms with Crippen molar-refractivity contribution in [2.45, 2.75) is 62.9 Å². The highest BCUT2D eigenvalue weighted by atomic mass is 16.5. The van der Waals surface area contributed by atoms with E-state index in [0.29, 0.717) is 12.5 Å². The van der Waals surface area contributed by atoms with E-state index >= 15 is 0 Å². The molecule has 7 nitrogen and oxygen atoms in total. The van der Waals surface area contributed by atoms with Gasteiger partial charge in [0.05, 0.1) is 0 Å². The molecular weight excluding hydrogens is 444 g/mol. The Morgan fingerprint density at radius 3 is 2.31 bits per heavy atom. The van der Waals surface area contributed by atoms with Crippen molar-refractivity contribution in [2.24, 2.45) is 5.92 Å². The lowest BCUT2D eigenvalue weighted by Crippen LogP contribution is -2.51. The molecule has 0 spiro atoms. The van der Waals surface area contributed by atoms with Gasteiger partial charge < -0.3 is 20.1 Å². The van der Waals surface area contributed by atoms with Crippen LogP contribution in [0.3, 0.4) is 0 Å². The largest absolute Gasteiger partial charge is 0.481 e. The maximum Gasteiger partial charge on any atom is 0.407 e. The summed E-state index contributed by atoms with van der Waals surface area (Å²) < 4.78 is 5.63. The lowest BCUT2D eigenvalue weighted by molar-refractivity contribution is -0.138. The number of carboxylic acids is 1. The zero-order valence-electron chi connectivity index (χ0n) is 19.8. The molecule has 2 fully saturated rings. The van der Waals surface area contributed by atoms with Crippen molar-refractivity contribution in [1.82, 2.24) is 10.2 Å². The Labute approximate surface area is 205 Å². The SMILES string of the molecule is O=C(O)CCC(NC(=O)OCC1c2ccccc2-c2ccccc21)C(=O)N1CC[C@H]2CCCC[C@H]21. The molecule has 5 rings (SSSR count). The first-order chi connectivity index (χ1) is 17.0. The Balaban J connectivity index is 1.26. The van der Waals surface area contributed by atoms with Crippen molar-refractivity contribution in [3.63, 3.8) is 0 Å². The third kappa shape index (κ3) is 4.77. The molecule has 2 aromatic carbocycles. The fourth-order valence-electron chi connectivity index (χ4n) is 6.19. The van der Waals surface area contributed by atoms with Gasteiger partial charge in [-0.3, -0.25) is 9.59 Å². The summed E-state index contributed by atoms with van der Waals surface area (Å²) in [6.45, 7) is 0.818. The molecule has 2 aliphatic carbocycles. The second-order valence-corrected chi connectivity index (χ2v) is 9.89. The number of alkyl carbamates (subject to hydrolysis) is 1. The first-order valence-corrected chi connectivity index (χ1v) is 12.7. The predicted octanol–water partition coefficient (Wildman–Crippen LogP) is 4.55. The molecule has 0 aromatic heterocycles. The van der Waals surface area contributed by atoms with Gasteiger partial charge in [0.15, 0.2) is 0 Å². The van der Waals surface area contributed by atoms with E-state index in [9.17, 15) is 19.5 Å². The van der Waals surface area contributed by atoms with Crippen LogP contribution in [0.1, 0.15) is 62.0 Å². The van der Waals surface area contributed by atoms with Crippen molar-refractivity contribution in [3.8, 4) is 11.1 Å². The van der Waals surface area contributed by atoms with Crippen LogP contribution in [-0.2, 0) is 14.3 Å². The fourth-order valence-corrected chi connectivity index (χ4v) is 6.19. The Morgan fingerprint density at radius 1 is 0.971 bits per heavy atom. The van der Waals surface area contributed by atoms with Crippen LogP contribution in [0.5, 0.6) is 0 Å². The van der Waals surface area contributed by atoms with Crippen LogP contribution in [0.2, 0.25) is 0 Å². The molecule has 2 N–H and O–H groups in total. The Kier molecular flexibility index (Phi) is 6.75. The van der Waals surface area contributed by atoms with Crippen LogP contribution in [-0.4, -0.2) is 53.2 Å². The number of aliphatic carboxylic acids is 1. The number of hydrogen-bond acceptors (Lipinski definition) is 4. The minimum Gasteiger partial charge on any atom is -0.481 e. The zero-order valence-corrected chi connectivity index (χ0v) is 19.8. The first kappa shape index (κ1) is 23.4. The lowest BCUT2D eigenvalue weighted by atomic mass is 9.85. The minimum absolute atomic E-state index is 0.0479. The van der Waals surface area contributed by atoms with E-state index in [1.54, 1.807) is 0 Å². The van der Waals surface area contributed by atoms with Crippen LogP contribution in [0.15, 0.2) is 48.5 Å². The van der Waals surface area contributed by atoms with Gasteiger partial charge in [0.1, 0.15) is 12.6 Å². The maximum atomic E-state index is 13.4. The fraction of sp³-hybridized carbons (Fsp3) is 0.464. The molecule has 0 radical (unpaired) electrons. The number of carbonyl (C=O) groups excluding carboxylic acids is 2. The third-order valence-electron chi connectivity index (χ3n) is 7.87. The van der Waals surface area contributed by atoms with E-state index in [4.69, 9.17) is 4.74 Å². The molecule has 0 bridgehead atoms. The summed E-state index contributed by atoms with van der Waals surface area (Å²) in [5, 5.41) is 11.9. The Bertz CT molecular complexity index is 1070. The number of rotatable bonds is 7. The summed E-state index contributed by atoms with van der Waals surface area (Å²) in [6.07, 6.45) is 4.56. The van der Waals surface area contributed by atoms with Gasteiger partial charge in [-0.15, -0.1) is 0 Å². The van der Waals surface area contributed by atoms with Gasteiger partial charge in [0.25, 0.3) is 0 Å². The van der Waals surface area contributed by atoms with Crippen LogP contribution in [0.4, 0.5) is 4.79 Å². The molecule has 1 saturated heterocycles. The molecule has 1 aliphatic heterocycles. The zero-order chi connectivity index (χ0) is 24.4. The van der Waals surface area contributed by atoms with E-state index < -0.39 is 18.1 Å². The van der Waals surface area contributed by atoms with Crippen molar-refractivity contribution >= 4 is 18.0 Å². The van der Waals surface area contributed by atoms with Crippen molar-refractivity contribution < 1.29 is 24.2 Å². The molecule has 1 unspecified atom stereocenters. The highest BCUT2D eigenvalue weighted by Gasteiger charge is 2.40. The maximum absolute atomic E-state index is 13.4. The molecule has 7 heteroatoms. The number of nitrogens with zero attached hydrogens (tertiary/aromatic N) is 1. The van der Waals surface area contributed by atoms with E-state index in [1.165, 1.54) is 6.42 Å². The van der Waals surface area contributed by atoms with Crippen LogP contribution in [0, 0.1) is 5.92 Å². The second-order valence-electron chi connectivity index (χ2n) is 9.89. The number of ether oxygens (including phenoxy) is 1. The quantitative estimate of drug-likeness (QED) is 0.611. The molecular formula is C28H32N2O5. The van der Waals surface area contributed by atoms with Gasteiger partial charge in [-0.25, -0.2) is 4.79 Å². The number of benzene rings is 2. The minimum atomic E-state index is -0.992. The number of nitrogens with one attached hydrogen (secondary N) is 1. The molecule has 184 valence electrons. The Morgan fingerprint density at radius 2 is 1.63 bits per heavy atom. The normalized spacial score (nSPS) is 21.5. The van der Waals surface area contributed by atoms with Gasteiger partial charge in [-0.1, -0.05) is 61.4 Å². The molecule has 3 atom stereocenters. The number of carboxylic acid groups (broad SMARTS) is 1. The van der Waals surface area contributed by atoms with Gasteiger partial charge >= 0.3 is 12.1 Å². The van der Waals surface area contributed by atoms with Crippen molar-refractivity contribution in [1.29, 1.82) is 0 Å². The summed E-state index contributed by atoms with van der Waals surface area (Å²) in [7, 11) is 0. The van der Waals surface area contributed by atoms with Crippen LogP contribution >= 0.6 is 0 Å². The van der Waals surface area contributed by atoms with Gasteiger partial charge in [-0.05, 0) is 53.9 Å². The van der Waals surface area contributed by atoms with Crippen molar-refractivity contribution in [2.75, 3.05) is 13.2 Å². The summed E-state index contributed by atoms with van der Waals surface area (Å²) >= 11 is 0. The van der Waals surface area contributed by atoms with Gasteiger partial charge in [0.2, 0.25) is 5.91 Å².